The van der Waals surface area contributed by atoms with Crippen LogP contribution in [0.25, 0.3) is 0 Å². The van der Waals surface area contributed by atoms with Gasteiger partial charge in [0.25, 0.3) is 0 Å². The van der Waals surface area contributed by atoms with Crippen LogP contribution in [0, 0.1) is 0 Å². The van der Waals surface area contributed by atoms with E-state index in [1.807, 2.05) is 54.6 Å². The molecular formula is C21H17BrClNO2. The van der Waals surface area contributed by atoms with Crippen molar-refractivity contribution < 1.29 is 9.53 Å². The predicted molar refractivity (Wildman–Crippen MR) is 107 cm³/mol. The number of carbonyl (C=O) groups is 1. The van der Waals surface area contributed by atoms with E-state index in [0.717, 1.165) is 21.2 Å². The summed E-state index contributed by atoms with van der Waals surface area (Å²) >= 11 is 9.83. The quantitative estimate of drug-likeness (QED) is 0.522. The fourth-order valence-corrected chi connectivity index (χ4v) is 3.35. The van der Waals surface area contributed by atoms with Gasteiger partial charge in [-0.05, 0) is 34.9 Å². The van der Waals surface area contributed by atoms with Gasteiger partial charge in [0.2, 0.25) is 5.88 Å². The summed E-state index contributed by atoms with van der Waals surface area (Å²) in [6, 6.07) is 18.8. The maximum absolute atomic E-state index is 13.2. The van der Waals surface area contributed by atoms with Gasteiger partial charge in [0.05, 0.1) is 13.0 Å². The maximum atomic E-state index is 13.2. The van der Waals surface area contributed by atoms with Crippen molar-refractivity contribution >= 4 is 33.3 Å². The maximum Gasteiger partial charge on any atom is 0.212 e. The molecule has 1 atom stereocenters. The first-order valence-electron chi connectivity index (χ1n) is 8.10. The Morgan fingerprint density at radius 1 is 1.12 bits per heavy atom. The molecule has 0 aliphatic heterocycles. The van der Waals surface area contributed by atoms with E-state index in [1.54, 1.807) is 19.4 Å². The van der Waals surface area contributed by atoms with Crippen molar-refractivity contribution in [2.24, 2.45) is 0 Å². The number of aromatic nitrogens is 1. The van der Waals surface area contributed by atoms with Crippen molar-refractivity contribution in [3.05, 3.63) is 93.0 Å². The fraction of sp³-hybridized carbons (Fsp3) is 0.143. The highest BCUT2D eigenvalue weighted by molar-refractivity contribution is 9.10. The number of ketones is 1. The number of Topliss-reactive ketones (excluding diaryl/α,β-unsaturated/α-hetero) is 1. The van der Waals surface area contributed by atoms with Crippen molar-refractivity contribution in [3.63, 3.8) is 0 Å². The highest BCUT2D eigenvalue weighted by Gasteiger charge is 2.24. The summed E-state index contributed by atoms with van der Waals surface area (Å²) in [5.41, 5.74) is 2.56. The van der Waals surface area contributed by atoms with Crippen molar-refractivity contribution in [2.45, 2.75) is 12.3 Å². The van der Waals surface area contributed by atoms with Gasteiger partial charge in [-0.25, -0.2) is 4.98 Å². The van der Waals surface area contributed by atoms with Gasteiger partial charge in [-0.3, -0.25) is 4.79 Å². The molecule has 0 radical (unpaired) electrons. The number of nitrogens with zero attached hydrogens (tertiary/aromatic N) is 1. The summed E-state index contributed by atoms with van der Waals surface area (Å²) in [7, 11) is 1.56. The molecule has 0 aliphatic carbocycles. The van der Waals surface area contributed by atoms with Crippen LogP contribution in [-0.4, -0.2) is 17.9 Å². The lowest BCUT2D eigenvalue weighted by molar-refractivity contribution is -0.119. The van der Waals surface area contributed by atoms with Crippen LogP contribution in [0.4, 0.5) is 0 Å². The van der Waals surface area contributed by atoms with Gasteiger partial charge in [-0.15, -0.1) is 0 Å². The molecule has 0 bridgehead atoms. The van der Waals surface area contributed by atoms with E-state index in [-0.39, 0.29) is 12.2 Å². The molecule has 3 rings (SSSR count). The first-order valence-corrected chi connectivity index (χ1v) is 9.27. The fourth-order valence-electron chi connectivity index (χ4n) is 2.84. The largest absolute Gasteiger partial charge is 0.481 e. The molecule has 1 aromatic heterocycles. The minimum absolute atomic E-state index is 0.0624. The number of halogens is 2. The number of hydrogen-bond donors (Lipinski definition) is 0. The van der Waals surface area contributed by atoms with E-state index in [0.29, 0.717) is 10.9 Å². The topological polar surface area (TPSA) is 39.2 Å². The Morgan fingerprint density at radius 3 is 2.46 bits per heavy atom. The first kappa shape index (κ1) is 18.6. The first-order chi connectivity index (χ1) is 12.6. The summed E-state index contributed by atoms with van der Waals surface area (Å²) in [6.45, 7) is 0. The van der Waals surface area contributed by atoms with Gasteiger partial charge >= 0.3 is 0 Å². The Kier molecular flexibility index (Phi) is 6.07. The zero-order valence-corrected chi connectivity index (χ0v) is 16.5. The molecule has 0 amide bonds. The number of benzene rings is 2. The summed E-state index contributed by atoms with van der Waals surface area (Å²) in [6.07, 6.45) is 1.94. The summed E-state index contributed by atoms with van der Waals surface area (Å²) in [5.74, 6) is 0.156. The molecule has 0 saturated heterocycles. The van der Waals surface area contributed by atoms with Crippen LogP contribution < -0.4 is 4.74 Å². The van der Waals surface area contributed by atoms with Crippen molar-refractivity contribution in [1.82, 2.24) is 4.98 Å². The smallest absolute Gasteiger partial charge is 0.212 e. The predicted octanol–water partition coefficient (Wildman–Crippen LogP) is 5.45. The normalized spacial score (nSPS) is 11.8. The monoisotopic (exact) mass is 429 g/mol. The standard InChI is InChI=1S/C21H17BrClNO2/c1-26-20-11-6-14(13-24-20)12-19(25)21(15-7-9-16(22)10-8-15)17-4-2-3-5-18(17)23/h2-11,13,21H,12H2,1H3. The van der Waals surface area contributed by atoms with E-state index >= 15 is 0 Å². The zero-order chi connectivity index (χ0) is 18.5. The average molecular weight is 431 g/mol. The minimum Gasteiger partial charge on any atom is -0.481 e. The number of rotatable bonds is 6. The zero-order valence-electron chi connectivity index (χ0n) is 14.2. The minimum atomic E-state index is -0.432. The van der Waals surface area contributed by atoms with E-state index in [9.17, 15) is 4.79 Å². The molecular weight excluding hydrogens is 414 g/mol. The molecule has 26 heavy (non-hydrogen) atoms. The molecule has 0 fully saturated rings. The van der Waals surface area contributed by atoms with Gasteiger partial charge in [0, 0.05) is 28.2 Å². The SMILES string of the molecule is COc1ccc(CC(=O)C(c2ccc(Br)cc2)c2ccccc2Cl)cn1. The van der Waals surface area contributed by atoms with E-state index in [1.165, 1.54) is 0 Å². The van der Waals surface area contributed by atoms with Gasteiger partial charge in [0.1, 0.15) is 5.78 Å². The molecule has 0 N–H and O–H groups in total. The lowest BCUT2D eigenvalue weighted by atomic mass is 9.85. The van der Waals surface area contributed by atoms with Crippen LogP contribution in [0.2, 0.25) is 5.02 Å². The highest BCUT2D eigenvalue weighted by Crippen LogP contribution is 2.32. The molecule has 0 aliphatic rings. The average Bonchev–Trinajstić information content (AvgIpc) is 2.66. The Balaban J connectivity index is 1.95. The van der Waals surface area contributed by atoms with Gasteiger partial charge in [-0.2, -0.15) is 0 Å². The molecule has 0 spiro atoms. The lowest BCUT2D eigenvalue weighted by Crippen LogP contribution is -2.17. The third kappa shape index (κ3) is 4.32. The van der Waals surface area contributed by atoms with E-state index in [4.69, 9.17) is 16.3 Å². The molecule has 5 heteroatoms. The van der Waals surface area contributed by atoms with Crippen LogP contribution in [-0.2, 0) is 11.2 Å². The Hall–Kier alpha value is -2.17. The van der Waals surface area contributed by atoms with Crippen molar-refractivity contribution in [2.75, 3.05) is 7.11 Å². The molecule has 2 aromatic carbocycles. The molecule has 3 nitrogen and oxygen atoms in total. The van der Waals surface area contributed by atoms with Crippen molar-refractivity contribution in [3.8, 4) is 5.88 Å². The number of hydrogen-bond acceptors (Lipinski definition) is 3. The Labute approximate surface area is 166 Å². The number of methoxy groups -OCH3 is 1. The second kappa shape index (κ2) is 8.47. The molecule has 3 aromatic rings. The Morgan fingerprint density at radius 2 is 1.85 bits per heavy atom. The third-order valence-electron chi connectivity index (χ3n) is 4.13. The summed E-state index contributed by atoms with van der Waals surface area (Å²) < 4.78 is 6.03. The Bertz CT molecular complexity index is 895. The van der Waals surface area contributed by atoms with E-state index < -0.39 is 5.92 Å². The van der Waals surface area contributed by atoms with Crippen LogP contribution in [0.15, 0.2) is 71.3 Å². The van der Waals surface area contributed by atoms with Crippen LogP contribution in [0.5, 0.6) is 5.88 Å². The lowest BCUT2D eigenvalue weighted by Gasteiger charge is -2.18. The van der Waals surface area contributed by atoms with Gasteiger partial charge in [-0.1, -0.05) is 63.9 Å². The van der Waals surface area contributed by atoms with Gasteiger partial charge < -0.3 is 4.74 Å². The molecule has 132 valence electrons. The number of pyridine rings is 1. The third-order valence-corrected chi connectivity index (χ3v) is 5.00. The summed E-state index contributed by atoms with van der Waals surface area (Å²) in [4.78, 5) is 17.4. The summed E-state index contributed by atoms with van der Waals surface area (Å²) in [5, 5.41) is 0.585. The molecule has 0 saturated carbocycles. The van der Waals surface area contributed by atoms with Crippen LogP contribution in [0.3, 0.4) is 0 Å². The molecule has 1 heterocycles. The van der Waals surface area contributed by atoms with Gasteiger partial charge in [0.15, 0.2) is 0 Å². The van der Waals surface area contributed by atoms with Crippen LogP contribution >= 0.6 is 27.5 Å². The van der Waals surface area contributed by atoms with Crippen LogP contribution in [0.1, 0.15) is 22.6 Å². The van der Waals surface area contributed by atoms with Crippen molar-refractivity contribution in [1.29, 1.82) is 0 Å². The second-order valence-corrected chi connectivity index (χ2v) is 7.18. The number of ether oxygens (including phenoxy) is 1. The number of carbonyl (C=O) groups excluding carboxylic acids is 1. The molecule has 1 unspecified atom stereocenters. The highest BCUT2D eigenvalue weighted by atomic mass is 79.9. The second-order valence-electron chi connectivity index (χ2n) is 5.86. The van der Waals surface area contributed by atoms with E-state index in [2.05, 4.69) is 20.9 Å².